The van der Waals surface area contributed by atoms with Gasteiger partial charge in [0, 0.05) is 18.8 Å². The maximum atomic E-state index is 11.2. The van der Waals surface area contributed by atoms with E-state index in [9.17, 15) is 4.21 Å². The van der Waals surface area contributed by atoms with Gasteiger partial charge in [0.1, 0.15) is 0 Å². The van der Waals surface area contributed by atoms with Crippen molar-refractivity contribution in [2.45, 2.75) is 13.3 Å². The number of hydrogen-bond donors (Lipinski definition) is 0. The van der Waals surface area contributed by atoms with Gasteiger partial charge in [0.25, 0.3) is 0 Å². The van der Waals surface area contributed by atoms with E-state index in [1.165, 1.54) is 6.42 Å². The average molecular weight is 159 g/mol. The van der Waals surface area contributed by atoms with Gasteiger partial charge < -0.3 is 0 Å². The highest BCUT2D eigenvalue weighted by Crippen LogP contribution is 2.45. The van der Waals surface area contributed by atoms with E-state index in [1.807, 2.05) is 6.92 Å². The van der Waals surface area contributed by atoms with Crippen LogP contribution in [0.5, 0.6) is 0 Å². The zero-order valence-corrected chi connectivity index (χ0v) is 7.06. The smallest absolute Gasteiger partial charge is 0.0939 e. The SMILES string of the molecule is CCS(=O)N1CC2CC2C1. The first-order valence-electron chi connectivity index (χ1n) is 3.94. The van der Waals surface area contributed by atoms with Crippen molar-refractivity contribution in [2.75, 3.05) is 18.8 Å². The van der Waals surface area contributed by atoms with Gasteiger partial charge in [-0.15, -0.1) is 0 Å². The largest absolute Gasteiger partial charge is 0.243 e. The summed E-state index contributed by atoms with van der Waals surface area (Å²) in [5.74, 6) is 2.62. The summed E-state index contributed by atoms with van der Waals surface area (Å²) in [7, 11) is -0.659. The van der Waals surface area contributed by atoms with Crippen LogP contribution in [-0.2, 0) is 11.0 Å². The molecule has 1 saturated carbocycles. The van der Waals surface area contributed by atoms with Crippen molar-refractivity contribution in [3.63, 3.8) is 0 Å². The third-order valence-electron chi connectivity index (χ3n) is 2.48. The Morgan fingerprint density at radius 3 is 2.60 bits per heavy atom. The van der Waals surface area contributed by atoms with Gasteiger partial charge in [-0.25, -0.2) is 8.51 Å². The molecule has 1 saturated heterocycles. The third-order valence-corrected chi connectivity index (χ3v) is 3.85. The second-order valence-corrected chi connectivity index (χ2v) is 4.95. The molecule has 3 unspecified atom stereocenters. The summed E-state index contributed by atoms with van der Waals surface area (Å²) in [6, 6.07) is 0. The lowest BCUT2D eigenvalue weighted by molar-refractivity contribution is 0.485. The molecule has 2 aliphatic rings. The second kappa shape index (κ2) is 2.31. The summed E-state index contributed by atoms with van der Waals surface area (Å²) in [4.78, 5) is 0. The zero-order chi connectivity index (χ0) is 7.14. The van der Waals surface area contributed by atoms with Crippen LogP contribution >= 0.6 is 0 Å². The van der Waals surface area contributed by atoms with E-state index in [0.717, 1.165) is 30.7 Å². The molecule has 0 aromatic rings. The molecule has 3 heteroatoms. The molecule has 1 aliphatic heterocycles. The fourth-order valence-electron chi connectivity index (χ4n) is 1.70. The molecule has 0 radical (unpaired) electrons. The molecule has 0 N–H and O–H groups in total. The number of rotatable bonds is 2. The fraction of sp³-hybridized carbons (Fsp3) is 1.00. The summed E-state index contributed by atoms with van der Waals surface area (Å²) >= 11 is 0. The van der Waals surface area contributed by atoms with Crippen LogP contribution < -0.4 is 0 Å². The second-order valence-electron chi connectivity index (χ2n) is 3.21. The monoisotopic (exact) mass is 159 g/mol. The van der Waals surface area contributed by atoms with Crippen molar-refractivity contribution < 1.29 is 4.21 Å². The topological polar surface area (TPSA) is 20.3 Å². The van der Waals surface area contributed by atoms with Gasteiger partial charge in [0.15, 0.2) is 0 Å². The van der Waals surface area contributed by atoms with Crippen LogP contribution in [0.1, 0.15) is 13.3 Å². The Morgan fingerprint density at radius 1 is 1.50 bits per heavy atom. The van der Waals surface area contributed by atoms with Gasteiger partial charge >= 0.3 is 0 Å². The molecule has 2 fully saturated rings. The molecule has 0 spiro atoms. The quantitative estimate of drug-likeness (QED) is 0.578. The molecule has 2 rings (SSSR count). The van der Waals surface area contributed by atoms with Gasteiger partial charge in [-0.3, -0.25) is 0 Å². The number of hydrogen-bond acceptors (Lipinski definition) is 1. The van der Waals surface area contributed by atoms with Gasteiger partial charge in [-0.05, 0) is 18.3 Å². The third kappa shape index (κ3) is 1.01. The summed E-state index contributed by atoms with van der Waals surface area (Å²) in [5, 5.41) is 0. The van der Waals surface area contributed by atoms with E-state index in [1.54, 1.807) is 0 Å². The van der Waals surface area contributed by atoms with E-state index >= 15 is 0 Å². The first kappa shape index (κ1) is 6.80. The van der Waals surface area contributed by atoms with Crippen molar-refractivity contribution in [3.05, 3.63) is 0 Å². The van der Waals surface area contributed by atoms with Crippen molar-refractivity contribution in [1.82, 2.24) is 4.31 Å². The van der Waals surface area contributed by atoms with Crippen molar-refractivity contribution in [2.24, 2.45) is 11.8 Å². The van der Waals surface area contributed by atoms with E-state index in [2.05, 4.69) is 4.31 Å². The highest BCUT2D eigenvalue weighted by molar-refractivity contribution is 7.82. The lowest BCUT2D eigenvalue weighted by Gasteiger charge is -2.14. The Bertz CT molecular complexity index is 161. The summed E-state index contributed by atoms with van der Waals surface area (Å²) in [6.45, 7) is 4.19. The van der Waals surface area contributed by atoms with Crippen LogP contribution in [0.25, 0.3) is 0 Å². The Kier molecular flexibility index (Phi) is 1.57. The van der Waals surface area contributed by atoms with Crippen LogP contribution in [0.15, 0.2) is 0 Å². The Balaban J connectivity index is 1.90. The molecular formula is C7H13NOS. The first-order chi connectivity index (χ1) is 4.81. The molecule has 0 aromatic carbocycles. The van der Waals surface area contributed by atoms with Crippen LogP contribution in [0.4, 0.5) is 0 Å². The van der Waals surface area contributed by atoms with E-state index < -0.39 is 11.0 Å². The minimum Gasteiger partial charge on any atom is -0.243 e. The highest BCUT2D eigenvalue weighted by Gasteiger charge is 2.46. The van der Waals surface area contributed by atoms with Crippen LogP contribution in [-0.4, -0.2) is 27.4 Å². The van der Waals surface area contributed by atoms with Crippen LogP contribution in [0.2, 0.25) is 0 Å². The summed E-state index contributed by atoms with van der Waals surface area (Å²) in [5.41, 5.74) is 0. The van der Waals surface area contributed by atoms with Crippen LogP contribution in [0.3, 0.4) is 0 Å². The minimum absolute atomic E-state index is 0.659. The molecule has 0 bridgehead atoms. The average Bonchev–Trinajstić information content (AvgIpc) is 2.57. The predicted molar refractivity (Wildman–Crippen MR) is 41.9 cm³/mol. The van der Waals surface area contributed by atoms with Crippen molar-refractivity contribution >= 4 is 11.0 Å². The summed E-state index contributed by atoms with van der Waals surface area (Å²) in [6.07, 6.45) is 1.40. The Labute approximate surface area is 64.2 Å². The molecule has 10 heavy (non-hydrogen) atoms. The maximum absolute atomic E-state index is 11.2. The number of fused-ring (bicyclic) bond motifs is 1. The van der Waals surface area contributed by atoms with Crippen LogP contribution in [0, 0.1) is 11.8 Å². The minimum atomic E-state index is -0.659. The molecule has 3 atom stereocenters. The van der Waals surface area contributed by atoms with Gasteiger partial charge in [0.05, 0.1) is 11.0 Å². The lowest BCUT2D eigenvalue weighted by atomic mass is 10.4. The van der Waals surface area contributed by atoms with E-state index in [0.29, 0.717) is 0 Å². The predicted octanol–water partition coefficient (Wildman–Crippen LogP) is 0.622. The fourth-order valence-corrected chi connectivity index (χ4v) is 2.78. The zero-order valence-electron chi connectivity index (χ0n) is 6.25. The molecular weight excluding hydrogens is 146 g/mol. The number of nitrogens with zero attached hydrogens (tertiary/aromatic N) is 1. The molecule has 1 aliphatic carbocycles. The molecule has 0 aromatic heterocycles. The summed E-state index contributed by atoms with van der Waals surface area (Å²) < 4.78 is 13.3. The highest BCUT2D eigenvalue weighted by atomic mass is 32.2. The lowest BCUT2D eigenvalue weighted by Crippen LogP contribution is -2.26. The standard InChI is InChI=1S/C7H13NOS/c1-2-10(9)8-4-6-3-7(6)5-8/h6-7H,2-5H2,1H3. The van der Waals surface area contributed by atoms with E-state index in [-0.39, 0.29) is 0 Å². The Hall–Kier alpha value is 0.110. The van der Waals surface area contributed by atoms with Crippen molar-refractivity contribution in [1.29, 1.82) is 0 Å². The van der Waals surface area contributed by atoms with Gasteiger partial charge in [-0.1, -0.05) is 6.92 Å². The van der Waals surface area contributed by atoms with E-state index in [4.69, 9.17) is 0 Å². The van der Waals surface area contributed by atoms with Gasteiger partial charge in [-0.2, -0.15) is 0 Å². The molecule has 0 amide bonds. The molecule has 58 valence electrons. The molecule has 2 nitrogen and oxygen atoms in total. The van der Waals surface area contributed by atoms with Crippen molar-refractivity contribution in [3.8, 4) is 0 Å². The Morgan fingerprint density at radius 2 is 2.10 bits per heavy atom. The first-order valence-corrected chi connectivity index (χ1v) is 5.22. The molecule has 1 heterocycles. The number of piperidine rings is 1. The van der Waals surface area contributed by atoms with Gasteiger partial charge in [0.2, 0.25) is 0 Å². The maximum Gasteiger partial charge on any atom is 0.0939 e. The normalized spacial score (nSPS) is 41.3.